The molecule has 3 rings (SSSR count). The van der Waals surface area contributed by atoms with Crippen molar-refractivity contribution < 1.29 is 22.7 Å². The van der Waals surface area contributed by atoms with E-state index in [1.165, 1.54) is 6.07 Å². The molecule has 3 aromatic rings. The molecule has 2 nitrogen and oxygen atoms in total. The second-order valence-electron chi connectivity index (χ2n) is 5.76. The fourth-order valence-electron chi connectivity index (χ4n) is 2.56. The Labute approximate surface area is 148 Å². The highest BCUT2D eigenvalue weighted by molar-refractivity contribution is 5.80. The van der Waals surface area contributed by atoms with Gasteiger partial charge in [0.05, 0.1) is 5.56 Å². The van der Waals surface area contributed by atoms with E-state index < -0.39 is 11.7 Å². The van der Waals surface area contributed by atoms with Gasteiger partial charge >= 0.3 is 6.18 Å². The topological polar surface area (TPSA) is 26.3 Å². The SMILES string of the molecule is O=Cc1cc(-c2cccc(OCc3ccccc3)c2)cc(C(F)(F)F)c1. The third kappa shape index (κ3) is 4.30. The van der Waals surface area contributed by atoms with Crippen molar-refractivity contribution in [3.05, 3.63) is 89.5 Å². The number of rotatable bonds is 5. The second-order valence-corrected chi connectivity index (χ2v) is 5.76. The molecule has 5 heteroatoms. The number of carbonyl (C=O) groups excluding carboxylic acids is 1. The molecule has 0 fully saturated rings. The molecule has 0 saturated heterocycles. The summed E-state index contributed by atoms with van der Waals surface area (Å²) < 4.78 is 44.9. The third-order valence-corrected chi connectivity index (χ3v) is 3.83. The second kappa shape index (κ2) is 7.44. The Morgan fingerprint density at radius 1 is 0.846 bits per heavy atom. The van der Waals surface area contributed by atoms with Crippen LogP contribution in [0.2, 0.25) is 0 Å². The monoisotopic (exact) mass is 356 g/mol. The Balaban J connectivity index is 1.89. The van der Waals surface area contributed by atoms with E-state index in [9.17, 15) is 18.0 Å². The molecule has 0 bridgehead atoms. The largest absolute Gasteiger partial charge is 0.489 e. The van der Waals surface area contributed by atoms with Crippen molar-refractivity contribution in [2.24, 2.45) is 0 Å². The summed E-state index contributed by atoms with van der Waals surface area (Å²) in [4.78, 5) is 11.0. The van der Waals surface area contributed by atoms with E-state index in [1.807, 2.05) is 30.3 Å². The van der Waals surface area contributed by atoms with Crippen LogP contribution in [0, 0.1) is 0 Å². The van der Waals surface area contributed by atoms with E-state index in [4.69, 9.17) is 4.74 Å². The van der Waals surface area contributed by atoms with Crippen molar-refractivity contribution in [3.8, 4) is 16.9 Å². The van der Waals surface area contributed by atoms with Crippen LogP contribution in [0.15, 0.2) is 72.8 Å². The molecule has 0 spiro atoms. The van der Waals surface area contributed by atoms with E-state index in [0.717, 1.165) is 17.7 Å². The molecule has 132 valence electrons. The van der Waals surface area contributed by atoms with Crippen molar-refractivity contribution in [3.63, 3.8) is 0 Å². The van der Waals surface area contributed by atoms with Gasteiger partial charge in [-0.25, -0.2) is 0 Å². The summed E-state index contributed by atoms with van der Waals surface area (Å²) in [5.74, 6) is 0.538. The van der Waals surface area contributed by atoms with Gasteiger partial charge in [0.1, 0.15) is 18.6 Å². The molecule has 0 amide bonds. The predicted octanol–water partition coefficient (Wildman–Crippen LogP) is 5.76. The third-order valence-electron chi connectivity index (χ3n) is 3.83. The summed E-state index contributed by atoms with van der Waals surface area (Å²) in [5.41, 5.74) is 0.968. The van der Waals surface area contributed by atoms with E-state index >= 15 is 0 Å². The lowest BCUT2D eigenvalue weighted by molar-refractivity contribution is -0.137. The number of aldehydes is 1. The Morgan fingerprint density at radius 2 is 1.62 bits per heavy atom. The number of halogens is 3. The molecule has 0 unspecified atom stereocenters. The zero-order valence-electron chi connectivity index (χ0n) is 13.7. The molecular weight excluding hydrogens is 341 g/mol. The lowest BCUT2D eigenvalue weighted by Gasteiger charge is -2.12. The lowest BCUT2D eigenvalue weighted by atomic mass is 9.99. The van der Waals surface area contributed by atoms with Crippen LogP contribution in [-0.2, 0) is 12.8 Å². The first-order valence-electron chi connectivity index (χ1n) is 7.90. The summed E-state index contributed by atoms with van der Waals surface area (Å²) >= 11 is 0. The maximum atomic E-state index is 13.0. The van der Waals surface area contributed by atoms with Gasteiger partial charge in [-0.3, -0.25) is 4.79 Å². The molecule has 0 aliphatic rings. The van der Waals surface area contributed by atoms with E-state index in [0.29, 0.717) is 29.8 Å². The first-order valence-corrected chi connectivity index (χ1v) is 7.90. The van der Waals surface area contributed by atoms with Gasteiger partial charge < -0.3 is 4.74 Å². The van der Waals surface area contributed by atoms with Crippen LogP contribution in [0.3, 0.4) is 0 Å². The average Bonchev–Trinajstić information content (AvgIpc) is 2.66. The summed E-state index contributed by atoms with van der Waals surface area (Å²) in [6, 6.07) is 19.6. The normalized spacial score (nSPS) is 11.2. The maximum absolute atomic E-state index is 13.0. The molecule has 0 aromatic heterocycles. The van der Waals surface area contributed by atoms with Crippen LogP contribution < -0.4 is 4.74 Å². The Hall–Kier alpha value is -3.08. The molecule has 0 heterocycles. The van der Waals surface area contributed by atoms with Crippen LogP contribution in [0.1, 0.15) is 21.5 Å². The standard InChI is InChI=1S/C21H15F3O2/c22-21(23,24)19-10-16(13-25)9-18(11-19)17-7-4-8-20(12-17)26-14-15-5-2-1-3-6-15/h1-13H,14H2. The molecule has 0 atom stereocenters. The number of carbonyl (C=O) groups is 1. The first kappa shape index (κ1) is 17.7. The molecule has 0 aliphatic carbocycles. The highest BCUT2D eigenvalue weighted by atomic mass is 19.4. The van der Waals surface area contributed by atoms with Gasteiger partial charge in [-0.15, -0.1) is 0 Å². The van der Waals surface area contributed by atoms with Crippen molar-refractivity contribution in [2.75, 3.05) is 0 Å². The molecule has 0 saturated carbocycles. The summed E-state index contributed by atoms with van der Waals surface area (Å²) in [6.07, 6.45) is -4.11. The fraction of sp³-hybridized carbons (Fsp3) is 0.0952. The first-order chi connectivity index (χ1) is 12.5. The van der Waals surface area contributed by atoms with Crippen molar-refractivity contribution in [1.29, 1.82) is 0 Å². The minimum absolute atomic E-state index is 0.0227. The summed E-state index contributed by atoms with van der Waals surface area (Å²) in [5, 5.41) is 0. The van der Waals surface area contributed by atoms with Crippen LogP contribution in [0.5, 0.6) is 5.75 Å². The smallest absolute Gasteiger partial charge is 0.416 e. The number of hydrogen-bond acceptors (Lipinski definition) is 2. The van der Waals surface area contributed by atoms with Crippen LogP contribution in [0.25, 0.3) is 11.1 Å². The molecular formula is C21H15F3O2. The lowest BCUT2D eigenvalue weighted by Crippen LogP contribution is -2.06. The van der Waals surface area contributed by atoms with Crippen molar-refractivity contribution in [1.82, 2.24) is 0 Å². The van der Waals surface area contributed by atoms with Gasteiger partial charge in [-0.05, 0) is 47.0 Å². The number of alkyl halides is 3. The molecule has 3 aromatic carbocycles. The number of ether oxygens (including phenoxy) is 1. The van der Waals surface area contributed by atoms with Crippen LogP contribution in [0.4, 0.5) is 13.2 Å². The Kier molecular flexibility index (Phi) is 5.07. The summed E-state index contributed by atoms with van der Waals surface area (Å²) in [6.45, 7) is 0.354. The summed E-state index contributed by atoms with van der Waals surface area (Å²) in [7, 11) is 0. The molecule has 26 heavy (non-hydrogen) atoms. The van der Waals surface area contributed by atoms with E-state index in [-0.39, 0.29) is 5.56 Å². The van der Waals surface area contributed by atoms with Gasteiger partial charge in [-0.1, -0.05) is 42.5 Å². The van der Waals surface area contributed by atoms with E-state index in [1.54, 1.807) is 24.3 Å². The Bertz CT molecular complexity index is 903. The maximum Gasteiger partial charge on any atom is 0.416 e. The molecule has 0 N–H and O–H groups in total. The van der Waals surface area contributed by atoms with Gasteiger partial charge in [0.15, 0.2) is 0 Å². The van der Waals surface area contributed by atoms with E-state index in [2.05, 4.69) is 0 Å². The molecule has 0 radical (unpaired) electrons. The zero-order valence-corrected chi connectivity index (χ0v) is 13.7. The molecule has 0 aliphatic heterocycles. The Morgan fingerprint density at radius 3 is 2.31 bits per heavy atom. The minimum atomic E-state index is -4.52. The quantitative estimate of drug-likeness (QED) is 0.543. The van der Waals surface area contributed by atoms with Crippen molar-refractivity contribution >= 4 is 6.29 Å². The highest BCUT2D eigenvalue weighted by Crippen LogP contribution is 2.34. The predicted molar refractivity (Wildman–Crippen MR) is 93.0 cm³/mol. The highest BCUT2D eigenvalue weighted by Gasteiger charge is 2.31. The number of hydrogen-bond donors (Lipinski definition) is 0. The fourth-order valence-corrected chi connectivity index (χ4v) is 2.56. The number of benzene rings is 3. The van der Waals surface area contributed by atoms with Gasteiger partial charge in [0.2, 0.25) is 0 Å². The minimum Gasteiger partial charge on any atom is -0.489 e. The van der Waals surface area contributed by atoms with Gasteiger partial charge in [-0.2, -0.15) is 13.2 Å². The van der Waals surface area contributed by atoms with Crippen LogP contribution in [-0.4, -0.2) is 6.29 Å². The van der Waals surface area contributed by atoms with Gasteiger partial charge in [0.25, 0.3) is 0 Å². The average molecular weight is 356 g/mol. The zero-order chi connectivity index (χ0) is 18.6. The van der Waals surface area contributed by atoms with Crippen LogP contribution >= 0.6 is 0 Å². The van der Waals surface area contributed by atoms with Crippen molar-refractivity contribution in [2.45, 2.75) is 12.8 Å². The van der Waals surface area contributed by atoms with Gasteiger partial charge in [0, 0.05) is 5.56 Å².